The monoisotopic (exact) mass is 425 g/mol. The number of methoxy groups -OCH3 is 1. The molecule has 0 unspecified atom stereocenters. The Labute approximate surface area is 169 Å². The molecule has 0 aliphatic heterocycles. The van der Waals surface area contributed by atoms with Gasteiger partial charge in [0.1, 0.15) is 6.61 Å². The average molecular weight is 426 g/mol. The number of benzene rings is 3. The molecule has 0 bridgehead atoms. The van der Waals surface area contributed by atoms with Crippen LogP contribution in [0.5, 0.6) is 11.5 Å². The van der Waals surface area contributed by atoms with Gasteiger partial charge in [-0.1, -0.05) is 51.8 Å². The quantitative estimate of drug-likeness (QED) is 0.483. The zero-order chi connectivity index (χ0) is 19.2. The van der Waals surface area contributed by atoms with Crippen LogP contribution in [-0.2, 0) is 13.2 Å². The number of nitrogens with one attached hydrogen (secondary N) is 1. The third-order valence-electron chi connectivity index (χ3n) is 4.40. The summed E-state index contributed by atoms with van der Waals surface area (Å²) >= 11 is 3.44. The zero-order valence-corrected chi connectivity index (χ0v) is 17.5. The lowest BCUT2D eigenvalue weighted by Gasteiger charge is -2.14. The second kappa shape index (κ2) is 8.96. The predicted molar refractivity (Wildman–Crippen MR) is 115 cm³/mol. The predicted octanol–water partition coefficient (Wildman–Crippen LogP) is 6.27. The molecule has 27 heavy (non-hydrogen) atoms. The van der Waals surface area contributed by atoms with E-state index in [2.05, 4.69) is 59.4 Å². The highest BCUT2D eigenvalue weighted by Gasteiger charge is 2.07. The van der Waals surface area contributed by atoms with Crippen molar-refractivity contribution in [2.45, 2.75) is 27.0 Å². The number of aryl methyl sites for hydroxylation is 2. The van der Waals surface area contributed by atoms with Crippen molar-refractivity contribution in [1.29, 1.82) is 0 Å². The van der Waals surface area contributed by atoms with E-state index in [0.29, 0.717) is 6.61 Å². The summed E-state index contributed by atoms with van der Waals surface area (Å²) < 4.78 is 12.5. The number of hydrogen-bond donors (Lipinski definition) is 1. The minimum Gasteiger partial charge on any atom is -0.493 e. The largest absolute Gasteiger partial charge is 0.493 e. The Kier molecular flexibility index (Phi) is 6.40. The fraction of sp³-hybridized carbons (Fsp3) is 0.217. The molecule has 3 aromatic carbocycles. The van der Waals surface area contributed by atoms with Crippen molar-refractivity contribution in [2.24, 2.45) is 0 Å². The Hall–Kier alpha value is -2.46. The molecule has 0 spiro atoms. The molecule has 140 valence electrons. The molecule has 0 atom stereocenters. The lowest BCUT2D eigenvalue weighted by Crippen LogP contribution is -2.03. The topological polar surface area (TPSA) is 30.5 Å². The van der Waals surface area contributed by atoms with E-state index in [1.54, 1.807) is 7.11 Å². The highest BCUT2D eigenvalue weighted by Crippen LogP contribution is 2.29. The van der Waals surface area contributed by atoms with Gasteiger partial charge < -0.3 is 14.8 Å². The van der Waals surface area contributed by atoms with Crippen LogP contribution in [0, 0.1) is 13.8 Å². The Morgan fingerprint density at radius 2 is 1.59 bits per heavy atom. The van der Waals surface area contributed by atoms with Crippen molar-refractivity contribution >= 4 is 21.6 Å². The van der Waals surface area contributed by atoms with E-state index in [-0.39, 0.29) is 0 Å². The minimum atomic E-state index is 0.504. The summed E-state index contributed by atoms with van der Waals surface area (Å²) in [5, 5.41) is 3.49. The van der Waals surface area contributed by atoms with E-state index in [1.807, 2.05) is 36.4 Å². The first-order valence-electron chi connectivity index (χ1n) is 8.90. The van der Waals surface area contributed by atoms with Gasteiger partial charge in [-0.15, -0.1) is 0 Å². The molecule has 0 fully saturated rings. The molecule has 0 heterocycles. The highest BCUT2D eigenvalue weighted by molar-refractivity contribution is 9.10. The Morgan fingerprint density at radius 1 is 0.852 bits per heavy atom. The lowest BCUT2D eigenvalue weighted by molar-refractivity contribution is 0.284. The van der Waals surface area contributed by atoms with Gasteiger partial charge in [0.15, 0.2) is 11.5 Å². The highest BCUT2D eigenvalue weighted by atomic mass is 79.9. The second-order valence-corrected chi connectivity index (χ2v) is 7.49. The van der Waals surface area contributed by atoms with Gasteiger partial charge in [-0.05, 0) is 60.9 Å². The molecule has 3 rings (SSSR count). The van der Waals surface area contributed by atoms with Crippen LogP contribution in [0.3, 0.4) is 0 Å². The molecule has 1 N–H and O–H groups in total. The zero-order valence-electron chi connectivity index (χ0n) is 15.9. The third-order valence-corrected chi connectivity index (χ3v) is 4.93. The van der Waals surface area contributed by atoms with Crippen LogP contribution in [0.1, 0.15) is 22.3 Å². The molecule has 0 radical (unpaired) electrons. The summed E-state index contributed by atoms with van der Waals surface area (Å²) in [5.74, 6) is 1.49. The van der Waals surface area contributed by atoms with Gasteiger partial charge >= 0.3 is 0 Å². The summed E-state index contributed by atoms with van der Waals surface area (Å²) in [6, 6.07) is 20.6. The molecule has 3 aromatic rings. The van der Waals surface area contributed by atoms with Crippen LogP contribution in [0.4, 0.5) is 5.69 Å². The summed E-state index contributed by atoms with van der Waals surface area (Å²) in [6.07, 6.45) is 0. The standard InChI is InChI=1S/C23H24BrNO2/c1-16-4-10-21(17(2)12-16)25-14-19-7-11-22(23(13-19)26-3)27-15-18-5-8-20(24)9-6-18/h4-13,25H,14-15H2,1-3H3. The van der Waals surface area contributed by atoms with Gasteiger partial charge in [0.25, 0.3) is 0 Å². The lowest BCUT2D eigenvalue weighted by atomic mass is 10.1. The van der Waals surface area contributed by atoms with Crippen molar-refractivity contribution in [3.05, 3.63) is 87.4 Å². The minimum absolute atomic E-state index is 0.504. The number of rotatable bonds is 7. The Balaban J connectivity index is 1.65. The number of anilines is 1. The first-order valence-corrected chi connectivity index (χ1v) is 9.70. The Bertz CT molecular complexity index is 907. The first-order chi connectivity index (χ1) is 13.0. The molecular formula is C23H24BrNO2. The fourth-order valence-corrected chi connectivity index (χ4v) is 3.16. The third kappa shape index (κ3) is 5.27. The average Bonchev–Trinajstić information content (AvgIpc) is 2.67. The van der Waals surface area contributed by atoms with Crippen molar-refractivity contribution in [1.82, 2.24) is 0 Å². The maximum atomic E-state index is 5.94. The van der Waals surface area contributed by atoms with E-state index in [4.69, 9.17) is 9.47 Å². The first kappa shape index (κ1) is 19.3. The molecule has 0 saturated heterocycles. The number of hydrogen-bond acceptors (Lipinski definition) is 3. The SMILES string of the molecule is COc1cc(CNc2ccc(C)cc2C)ccc1OCc1ccc(Br)cc1. The van der Waals surface area contributed by atoms with Gasteiger partial charge in [0, 0.05) is 16.7 Å². The summed E-state index contributed by atoms with van der Waals surface area (Å²) in [7, 11) is 1.67. The number of ether oxygens (including phenoxy) is 2. The summed E-state index contributed by atoms with van der Waals surface area (Å²) in [6.45, 7) is 5.46. The van der Waals surface area contributed by atoms with Gasteiger partial charge in [0.05, 0.1) is 7.11 Å². The van der Waals surface area contributed by atoms with Crippen LogP contribution >= 0.6 is 15.9 Å². The van der Waals surface area contributed by atoms with Crippen LogP contribution < -0.4 is 14.8 Å². The van der Waals surface area contributed by atoms with E-state index in [0.717, 1.165) is 39.3 Å². The Morgan fingerprint density at radius 3 is 2.30 bits per heavy atom. The molecule has 0 aromatic heterocycles. The van der Waals surface area contributed by atoms with Crippen LogP contribution in [0.2, 0.25) is 0 Å². The van der Waals surface area contributed by atoms with Gasteiger partial charge in [0.2, 0.25) is 0 Å². The summed E-state index contributed by atoms with van der Waals surface area (Å²) in [4.78, 5) is 0. The molecule has 0 aliphatic rings. The van der Waals surface area contributed by atoms with Gasteiger partial charge in [-0.25, -0.2) is 0 Å². The van der Waals surface area contributed by atoms with Crippen molar-refractivity contribution in [3.8, 4) is 11.5 Å². The van der Waals surface area contributed by atoms with Crippen molar-refractivity contribution in [2.75, 3.05) is 12.4 Å². The van der Waals surface area contributed by atoms with Crippen LogP contribution in [0.25, 0.3) is 0 Å². The van der Waals surface area contributed by atoms with E-state index >= 15 is 0 Å². The maximum Gasteiger partial charge on any atom is 0.161 e. The molecular weight excluding hydrogens is 402 g/mol. The molecule has 4 heteroatoms. The molecule has 0 amide bonds. The van der Waals surface area contributed by atoms with Crippen LogP contribution in [-0.4, -0.2) is 7.11 Å². The number of halogens is 1. The van der Waals surface area contributed by atoms with Crippen LogP contribution in [0.15, 0.2) is 65.1 Å². The van der Waals surface area contributed by atoms with Crippen molar-refractivity contribution < 1.29 is 9.47 Å². The van der Waals surface area contributed by atoms with E-state index in [9.17, 15) is 0 Å². The smallest absolute Gasteiger partial charge is 0.161 e. The molecule has 0 aliphatic carbocycles. The normalized spacial score (nSPS) is 10.5. The van der Waals surface area contributed by atoms with Gasteiger partial charge in [-0.2, -0.15) is 0 Å². The van der Waals surface area contributed by atoms with Gasteiger partial charge in [-0.3, -0.25) is 0 Å². The van der Waals surface area contributed by atoms with E-state index in [1.165, 1.54) is 11.1 Å². The second-order valence-electron chi connectivity index (χ2n) is 6.57. The molecule has 3 nitrogen and oxygen atoms in total. The van der Waals surface area contributed by atoms with E-state index < -0.39 is 0 Å². The molecule has 0 saturated carbocycles. The maximum absolute atomic E-state index is 5.94. The fourth-order valence-electron chi connectivity index (χ4n) is 2.89. The van der Waals surface area contributed by atoms with Crippen molar-refractivity contribution in [3.63, 3.8) is 0 Å². The summed E-state index contributed by atoms with van der Waals surface area (Å²) in [5.41, 5.74) is 5.92.